The Morgan fingerprint density at radius 3 is 2.43 bits per heavy atom. The van der Waals surface area contributed by atoms with Crippen LogP contribution in [-0.4, -0.2) is 22.0 Å². The van der Waals surface area contributed by atoms with Gasteiger partial charge in [-0.15, -0.1) is 13.2 Å². The van der Waals surface area contributed by atoms with Gasteiger partial charge in [0.1, 0.15) is 5.75 Å². The Labute approximate surface area is 198 Å². The molecule has 0 spiro atoms. The van der Waals surface area contributed by atoms with E-state index in [4.69, 9.17) is 10.5 Å². The summed E-state index contributed by atoms with van der Waals surface area (Å²) in [6, 6.07) is 20.5. The molecule has 1 aliphatic heterocycles. The number of nitrogen functional groups attached to an aromatic ring is 1. The van der Waals surface area contributed by atoms with Gasteiger partial charge in [0.15, 0.2) is 0 Å². The van der Waals surface area contributed by atoms with E-state index >= 15 is 0 Å². The van der Waals surface area contributed by atoms with Crippen LogP contribution >= 0.6 is 0 Å². The summed E-state index contributed by atoms with van der Waals surface area (Å²) in [5.74, 6) is -0.226. The van der Waals surface area contributed by atoms with E-state index in [1.165, 1.54) is 28.8 Å². The molecule has 1 aliphatic rings. The van der Waals surface area contributed by atoms with E-state index in [-0.39, 0.29) is 29.5 Å². The minimum absolute atomic E-state index is 0.0120. The highest BCUT2D eigenvalue weighted by Crippen LogP contribution is 2.33. The second kappa shape index (κ2) is 9.07. The van der Waals surface area contributed by atoms with E-state index < -0.39 is 6.36 Å². The Balaban J connectivity index is 1.37. The molecule has 4 aromatic rings. The highest BCUT2D eigenvalue weighted by Gasteiger charge is 2.31. The molecular weight excluding hydrogens is 459 g/mol. The molecule has 2 heterocycles. The van der Waals surface area contributed by atoms with Gasteiger partial charge in [0.2, 0.25) is 5.95 Å². The van der Waals surface area contributed by atoms with Gasteiger partial charge in [-0.3, -0.25) is 9.36 Å². The third kappa shape index (κ3) is 5.00. The van der Waals surface area contributed by atoms with Crippen molar-refractivity contribution in [1.29, 1.82) is 0 Å². The van der Waals surface area contributed by atoms with Crippen LogP contribution in [0.5, 0.6) is 5.75 Å². The second-order valence-electron chi connectivity index (χ2n) is 8.42. The zero-order valence-corrected chi connectivity index (χ0v) is 18.5. The van der Waals surface area contributed by atoms with Gasteiger partial charge < -0.3 is 15.2 Å². The van der Waals surface area contributed by atoms with E-state index in [0.29, 0.717) is 28.6 Å². The molecule has 9 heteroatoms. The number of hydrogen-bond donors (Lipinski definition) is 1. The molecule has 0 unspecified atom stereocenters. The summed E-state index contributed by atoms with van der Waals surface area (Å²) in [5.41, 5.74) is 8.74. The number of benzene rings is 3. The van der Waals surface area contributed by atoms with Crippen LogP contribution in [0.25, 0.3) is 22.0 Å². The van der Waals surface area contributed by atoms with Crippen molar-refractivity contribution in [2.24, 2.45) is 0 Å². The topological polar surface area (TPSA) is 79.4 Å². The molecule has 0 bridgehead atoms. The molecule has 0 saturated carbocycles. The van der Waals surface area contributed by atoms with Gasteiger partial charge in [-0.05, 0) is 53.8 Å². The van der Waals surface area contributed by atoms with Crippen molar-refractivity contribution in [1.82, 2.24) is 9.55 Å². The van der Waals surface area contributed by atoms with Gasteiger partial charge in [-0.1, -0.05) is 48.5 Å². The first kappa shape index (κ1) is 22.9. The Hall–Kier alpha value is -3.85. The SMILES string of the molecule is Nc1nc2cc(-c3ccc(OC(F)(F)F)cc3)ccc2c(=O)n1C[C@H]1CC[C@@H](c2ccccc2)O1. The van der Waals surface area contributed by atoms with E-state index in [1.807, 2.05) is 30.3 Å². The normalized spacial score (nSPS) is 18.1. The minimum Gasteiger partial charge on any atom is -0.406 e. The summed E-state index contributed by atoms with van der Waals surface area (Å²) in [6.45, 7) is 0.305. The number of rotatable bonds is 5. The molecule has 0 amide bonds. The van der Waals surface area contributed by atoms with E-state index in [2.05, 4.69) is 9.72 Å². The quantitative estimate of drug-likeness (QED) is 0.409. The van der Waals surface area contributed by atoms with Crippen LogP contribution in [0.4, 0.5) is 19.1 Å². The first-order valence-corrected chi connectivity index (χ1v) is 11.1. The molecular formula is C26H22F3N3O3. The number of hydrogen-bond acceptors (Lipinski definition) is 5. The fourth-order valence-electron chi connectivity index (χ4n) is 4.40. The zero-order chi connectivity index (χ0) is 24.6. The lowest BCUT2D eigenvalue weighted by atomic mass is 10.0. The van der Waals surface area contributed by atoms with E-state index in [9.17, 15) is 18.0 Å². The molecule has 35 heavy (non-hydrogen) atoms. The first-order chi connectivity index (χ1) is 16.8. The van der Waals surface area contributed by atoms with E-state index in [1.54, 1.807) is 18.2 Å². The summed E-state index contributed by atoms with van der Waals surface area (Å²) in [4.78, 5) is 17.6. The molecule has 1 saturated heterocycles. The van der Waals surface area contributed by atoms with Crippen LogP contribution in [0, 0.1) is 0 Å². The lowest BCUT2D eigenvalue weighted by Crippen LogP contribution is -2.29. The van der Waals surface area contributed by atoms with Crippen molar-refractivity contribution in [3.8, 4) is 16.9 Å². The monoisotopic (exact) mass is 481 g/mol. The third-order valence-electron chi connectivity index (χ3n) is 6.07. The van der Waals surface area contributed by atoms with Crippen LogP contribution in [0.2, 0.25) is 0 Å². The number of alkyl halides is 3. The standard InChI is InChI=1S/C26H22F3N3O3/c27-26(28,29)35-19-9-6-16(7-10-19)18-8-12-21-22(14-18)31-25(30)32(24(21)33)15-20-11-13-23(34-20)17-4-2-1-3-5-17/h1-10,12,14,20,23H,11,13,15H2,(H2,30,31)/t20-,23+/m1/s1. The number of aromatic nitrogens is 2. The maximum atomic E-state index is 13.2. The molecule has 2 atom stereocenters. The highest BCUT2D eigenvalue weighted by atomic mass is 19.4. The first-order valence-electron chi connectivity index (χ1n) is 11.1. The number of anilines is 1. The average molecular weight is 481 g/mol. The number of nitrogens with two attached hydrogens (primary N) is 1. The maximum absolute atomic E-state index is 13.2. The van der Waals surface area contributed by atoms with Crippen molar-refractivity contribution in [2.75, 3.05) is 5.73 Å². The molecule has 0 radical (unpaired) electrons. The minimum atomic E-state index is -4.75. The molecule has 180 valence electrons. The van der Waals surface area contributed by atoms with Crippen molar-refractivity contribution < 1.29 is 22.6 Å². The lowest BCUT2D eigenvalue weighted by molar-refractivity contribution is -0.274. The Morgan fingerprint density at radius 1 is 1.00 bits per heavy atom. The van der Waals surface area contributed by atoms with Crippen LogP contribution < -0.4 is 16.0 Å². The highest BCUT2D eigenvalue weighted by molar-refractivity contribution is 5.84. The smallest absolute Gasteiger partial charge is 0.406 e. The van der Waals surface area contributed by atoms with Gasteiger partial charge >= 0.3 is 6.36 Å². The lowest BCUT2D eigenvalue weighted by Gasteiger charge is -2.17. The number of fused-ring (bicyclic) bond motifs is 1. The molecule has 6 nitrogen and oxygen atoms in total. The molecule has 1 fully saturated rings. The fourth-order valence-corrected chi connectivity index (χ4v) is 4.40. The average Bonchev–Trinajstić information content (AvgIpc) is 3.30. The second-order valence-corrected chi connectivity index (χ2v) is 8.42. The summed E-state index contributed by atoms with van der Waals surface area (Å²) < 4.78 is 48.7. The molecule has 0 aliphatic carbocycles. The maximum Gasteiger partial charge on any atom is 0.573 e. The van der Waals surface area contributed by atoms with Gasteiger partial charge in [0.05, 0.1) is 29.7 Å². The Bertz CT molecular complexity index is 1400. The van der Waals surface area contributed by atoms with Gasteiger partial charge in [0.25, 0.3) is 5.56 Å². The largest absolute Gasteiger partial charge is 0.573 e. The zero-order valence-electron chi connectivity index (χ0n) is 18.5. The summed E-state index contributed by atoms with van der Waals surface area (Å²) in [7, 11) is 0. The van der Waals surface area contributed by atoms with Gasteiger partial charge in [0, 0.05) is 0 Å². The van der Waals surface area contributed by atoms with Gasteiger partial charge in [-0.25, -0.2) is 4.98 Å². The predicted molar refractivity (Wildman–Crippen MR) is 126 cm³/mol. The predicted octanol–water partition coefficient (Wildman–Crippen LogP) is 5.46. The Morgan fingerprint density at radius 2 is 1.71 bits per heavy atom. The number of halogens is 3. The van der Waals surface area contributed by atoms with Crippen LogP contribution in [0.15, 0.2) is 77.6 Å². The molecule has 2 N–H and O–H groups in total. The van der Waals surface area contributed by atoms with Crippen molar-refractivity contribution in [2.45, 2.75) is 38.0 Å². The summed E-state index contributed by atoms with van der Waals surface area (Å²) in [6.07, 6.45) is -3.26. The molecule has 3 aromatic carbocycles. The van der Waals surface area contributed by atoms with Crippen LogP contribution in [0.3, 0.4) is 0 Å². The number of ether oxygens (including phenoxy) is 2. The summed E-state index contributed by atoms with van der Waals surface area (Å²) >= 11 is 0. The van der Waals surface area contributed by atoms with E-state index in [0.717, 1.165) is 18.4 Å². The van der Waals surface area contributed by atoms with Crippen molar-refractivity contribution in [3.05, 3.63) is 88.7 Å². The van der Waals surface area contributed by atoms with Crippen molar-refractivity contribution in [3.63, 3.8) is 0 Å². The third-order valence-corrected chi connectivity index (χ3v) is 6.07. The van der Waals surface area contributed by atoms with Crippen LogP contribution in [0.1, 0.15) is 24.5 Å². The number of nitrogens with zero attached hydrogens (tertiary/aromatic N) is 2. The molecule has 5 rings (SSSR count). The van der Waals surface area contributed by atoms with Crippen LogP contribution in [-0.2, 0) is 11.3 Å². The molecule has 1 aromatic heterocycles. The Kier molecular flexibility index (Phi) is 5.94. The summed E-state index contributed by atoms with van der Waals surface area (Å²) in [5, 5.41) is 0.401. The van der Waals surface area contributed by atoms with Crippen molar-refractivity contribution >= 4 is 16.9 Å². The van der Waals surface area contributed by atoms with Gasteiger partial charge in [-0.2, -0.15) is 0 Å². The fraction of sp³-hybridized carbons (Fsp3) is 0.231.